The van der Waals surface area contributed by atoms with E-state index in [1.165, 1.54) is 18.2 Å². The molecule has 7 atom stereocenters. The first-order valence-electron chi connectivity index (χ1n) is 19.4. The van der Waals surface area contributed by atoms with Gasteiger partial charge in [0, 0.05) is 62.5 Å². The van der Waals surface area contributed by atoms with Gasteiger partial charge in [0.05, 0.1) is 43.1 Å². The van der Waals surface area contributed by atoms with Crippen molar-refractivity contribution < 1.29 is 32.7 Å². The summed E-state index contributed by atoms with van der Waals surface area (Å²) in [5.41, 5.74) is 4.43. The van der Waals surface area contributed by atoms with E-state index in [0.29, 0.717) is 55.9 Å². The summed E-state index contributed by atoms with van der Waals surface area (Å²) in [5.74, 6) is 0.343. The third kappa shape index (κ3) is 7.31. The molecule has 294 valence electrons. The lowest BCUT2D eigenvalue weighted by molar-refractivity contribution is 0.0131. The second-order valence-electron chi connectivity index (χ2n) is 16.1. The molecule has 1 fully saturated rings. The molecule has 4 heterocycles. The SMILES string of the molecule is COc1c(C(=O)NS2(=O)=NC(=O)c3ccc4c(c3)N(C[C@@H]3CC[C@H]3[C@@H](OC)/C=C/C[C@H](C)C2)C[C@@]2(CCCc3cc(Cl)ccc32)CO4)cn2c1C[C@H](OC)C2. The number of aryl methyl sites for hydroxylation is 1. The Morgan fingerprint density at radius 2 is 1.96 bits per heavy atom. The second kappa shape index (κ2) is 15.2. The smallest absolute Gasteiger partial charge is 0.286 e. The van der Waals surface area contributed by atoms with Crippen LogP contribution >= 0.6 is 11.6 Å². The quantitative estimate of drug-likeness (QED) is 0.281. The van der Waals surface area contributed by atoms with Gasteiger partial charge in [-0.1, -0.05) is 36.7 Å². The minimum atomic E-state index is -3.61. The van der Waals surface area contributed by atoms with Gasteiger partial charge in [-0.3, -0.25) is 14.3 Å². The van der Waals surface area contributed by atoms with E-state index in [2.05, 4.69) is 38.3 Å². The molecule has 1 aromatic heterocycles. The maximum Gasteiger partial charge on any atom is 0.286 e. The minimum Gasteiger partial charge on any atom is -0.494 e. The predicted molar refractivity (Wildman–Crippen MR) is 213 cm³/mol. The molecule has 1 unspecified atom stereocenters. The van der Waals surface area contributed by atoms with Crippen LogP contribution in [0.1, 0.15) is 76.6 Å². The molecule has 2 aliphatic carbocycles. The number of amides is 2. The lowest BCUT2D eigenvalue weighted by Gasteiger charge is -2.46. The summed E-state index contributed by atoms with van der Waals surface area (Å²) in [6, 6.07) is 11.6. The van der Waals surface area contributed by atoms with Gasteiger partial charge >= 0.3 is 0 Å². The molecule has 5 aliphatic rings. The molecule has 13 heteroatoms. The molecule has 1 N–H and O–H groups in total. The van der Waals surface area contributed by atoms with Crippen LogP contribution in [-0.2, 0) is 44.2 Å². The van der Waals surface area contributed by atoms with Crippen molar-refractivity contribution in [2.75, 3.05) is 51.7 Å². The highest BCUT2D eigenvalue weighted by molar-refractivity contribution is 7.92. The Morgan fingerprint density at radius 1 is 1.11 bits per heavy atom. The Bertz CT molecular complexity index is 2140. The highest BCUT2D eigenvalue weighted by Crippen LogP contribution is 2.47. The molecular weight excluding hydrogens is 740 g/mol. The van der Waals surface area contributed by atoms with Crippen molar-refractivity contribution in [2.24, 2.45) is 22.1 Å². The van der Waals surface area contributed by atoms with E-state index >= 15 is 0 Å². The Labute approximate surface area is 329 Å². The molecule has 2 aromatic carbocycles. The third-order valence-corrected chi connectivity index (χ3v) is 14.7. The molecule has 2 amide bonds. The van der Waals surface area contributed by atoms with E-state index in [1.54, 1.807) is 26.5 Å². The molecule has 0 radical (unpaired) electrons. The molecular formula is C42H51ClN4O7S. The zero-order valence-electron chi connectivity index (χ0n) is 32.1. The Kier molecular flexibility index (Phi) is 10.6. The Balaban J connectivity index is 1.18. The summed E-state index contributed by atoms with van der Waals surface area (Å²) in [5, 5.41) is 0.736. The van der Waals surface area contributed by atoms with Crippen molar-refractivity contribution in [3.8, 4) is 11.5 Å². The van der Waals surface area contributed by atoms with Crippen LogP contribution in [0.2, 0.25) is 5.02 Å². The molecule has 11 nitrogen and oxygen atoms in total. The van der Waals surface area contributed by atoms with E-state index < -0.39 is 21.7 Å². The van der Waals surface area contributed by atoms with Crippen LogP contribution in [0.25, 0.3) is 0 Å². The van der Waals surface area contributed by atoms with Crippen LogP contribution in [-0.4, -0.2) is 79.6 Å². The number of nitrogens with one attached hydrogen (secondary N) is 1. The standard InChI is InChI=1S/C42H51ClN4O7S/c1-26-7-5-9-37(52-3)32-13-10-29(32)20-47-24-42(16-6-8-27-17-30(43)12-14-34(27)42)25-54-38-15-11-28(18-35(38)47)40(48)44-55(50,23-26)45-41(49)33-22-46-21-31(51-2)19-36(46)39(33)53-4/h5,9,11-12,14-15,17-18,22,26,29,31-32,37H,6-8,10,13,16,19-21,23-25H2,1-4H3,(H,44,45,48,49,50)/b9-5+/t26-,29-,31-,32+,37-,42-,55?/m0/s1. The van der Waals surface area contributed by atoms with E-state index in [9.17, 15) is 13.8 Å². The molecule has 0 saturated heterocycles. The van der Waals surface area contributed by atoms with Gasteiger partial charge < -0.3 is 28.4 Å². The number of hydrogen-bond acceptors (Lipinski definition) is 8. The number of carbonyl (C=O) groups is 2. The number of ether oxygens (including phenoxy) is 4. The highest BCUT2D eigenvalue weighted by Gasteiger charge is 2.44. The fraction of sp³-hybridized carbons (Fsp3) is 0.524. The van der Waals surface area contributed by atoms with E-state index in [-0.39, 0.29) is 40.4 Å². The number of rotatable bonds is 5. The van der Waals surface area contributed by atoms with Crippen LogP contribution in [0.15, 0.2) is 59.1 Å². The fourth-order valence-electron chi connectivity index (χ4n) is 9.57. The first kappa shape index (κ1) is 38.1. The van der Waals surface area contributed by atoms with E-state index in [0.717, 1.165) is 55.1 Å². The van der Waals surface area contributed by atoms with Crippen molar-refractivity contribution in [3.63, 3.8) is 0 Å². The van der Waals surface area contributed by atoms with E-state index in [4.69, 9.17) is 30.5 Å². The molecule has 1 spiro atoms. The molecule has 55 heavy (non-hydrogen) atoms. The number of methoxy groups -OCH3 is 3. The van der Waals surface area contributed by atoms with Gasteiger partial charge in [-0.05, 0) is 97.7 Å². The van der Waals surface area contributed by atoms with Crippen LogP contribution < -0.4 is 19.1 Å². The van der Waals surface area contributed by atoms with Crippen molar-refractivity contribution in [1.82, 2.24) is 9.29 Å². The van der Waals surface area contributed by atoms with Crippen LogP contribution in [0.3, 0.4) is 0 Å². The van der Waals surface area contributed by atoms with Gasteiger partial charge in [0.25, 0.3) is 11.8 Å². The van der Waals surface area contributed by atoms with Crippen molar-refractivity contribution in [3.05, 3.63) is 87.7 Å². The summed E-state index contributed by atoms with van der Waals surface area (Å²) in [6.45, 7) is 4.50. The number of hydrogen-bond donors (Lipinski definition) is 1. The monoisotopic (exact) mass is 790 g/mol. The number of fused-ring (bicyclic) bond motifs is 5. The number of nitrogens with zero attached hydrogens (tertiary/aromatic N) is 3. The summed E-state index contributed by atoms with van der Waals surface area (Å²) in [6.07, 6.45) is 12.1. The summed E-state index contributed by atoms with van der Waals surface area (Å²) >= 11 is 6.48. The fourth-order valence-corrected chi connectivity index (χ4v) is 11.6. The zero-order chi connectivity index (χ0) is 38.5. The molecule has 3 aliphatic heterocycles. The van der Waals surface area contributed by atoms with Gasteiger partial charge in [-0.15, -0.1) is 4.36 Å². The second-order valence-corrected chi connectivity index (χ2v) is 18.6. The van der Waals surface area contributed by atoms with Crippen molar-refractivity contribution >= 4 is 39.0 Å². The number of carbonyl (C=O) groups excluding carboxylic acids is 2. The normalized spacial score (nSPS) is 30.8. The summed E-state index contributed by atoms with van der Waals surface area (Å²) < 4.78 is 47.8. The number of benzene rings is 2. The Hall–Kier alpha value is -3.84. The number of allylic oxidation sites excluding steroid dienone is 1. The van der Waals surface area contributed by atoms with Gasteiger partial charge in [-0.25, -0.2) is 4.21 Å². The number of anilines is 1. The van der Waals surface area contributed by atoms with Gasteiger partial charge in [0.1, 0.15) is 21.2 Å². The molecule has 2 bridgehead atoms. The Morgan fingerprint density at radius 3 is 2.73 bits per heavy atom. The highest BCUT2D eigenvalue weighted by atomic mass is 35.5. The largest absolute Gasteiger partial charge is 0.494 e. The molecule has 8 rings (SSSR count). The van der Waals surface area contributed by atoms with Gasteiger partial charge in [0.2, 0.25) is 0 Å². The predicted octanol–water partition coefficient (Wildman–Crippen LogP) is 6.78. The maximum atomic E-state index is 14.8. The van der Waals surface area contributed by atoms with Gasteiger partial charge in [-0.2, -0.15) is 0 Å². The summed E-state index contributed by atoms with van der Waals surface area (Å²) in [4.78, 5) is 30.5. The van der Waals surface area contributed by atoms with Crippen LogP contribution in [0.5, 0.6) is 11.5 Å². The molecule has 3 aromatic rings. The van der Waals surface area contributed by atoms with Crippen molar-refractivity contribution in [2.45, 2.75) is 76.0 Å². The summed E-state index contributed by atoms with van der Waals surface area (Å²) in [7, 11) is 1.32. The average molecular weight is 791 g/mol. The number of aromatic nitrogens is 1. The molecule has 1 saturated carbocycles. The third-order valence-electron chi connectivity index (χ3n) is 12.5. The first-order chi connectivity index (χ1) is 26.5. The van der Waals surface area contributed by atoms with Crippen LogP contribution in [0.4, 0.5) is 5.69 Å². The maximum absolute atomic E-state index is 14.8. The topological polar surface area (TPSA) is 121 Å². The zero-order valence-corrected chi connectivity index (χ0v) is 33.6. The first-order valence-corrected chi connectivity index (χ1v) is 21.5. The average Bonchev–Trinajstić information content (AvgIpc) is 3.67. The van der Waals surface area contributed by atoms with E-state index in [1.807, 2.05) is 29.7 Å². The number of halogens is 1. The van der Waals surface area contributed by atoms with Gasteiger partial charge in [0.15, 0.2) is 5.75 Å². The lowest BCUT2D eigenvalue weighted by Crippen LogP contribution is -2.49. The minimum absolute atomic E-state index is 0.0216. The van der Waals surface area contributed by atoms with Crippen LogP contribution in [0, 0.1) is 17.8 Å². The van der Waals surface area contributed by atoms with Crippen molar-refractivity contribution in [1.29, 1.82) is 0 Å². The lowest BCUT2D eigenvalue weighted by atomic mass is 9.68.